The normalized spacial score (nSPS) is 22.0. The van der Waals surface area contributed by atoms with Gasteiger partial charge in [0.15, 0.2) is 0 Å². The minimum Gasteiger partial charge on any atom is -0.384 e. The van der Waals surface area contributed by atoms with E-state index in [2.05, 4.69) is 128 Å². The fraction of sp³-hybridized carbons (Fsp3) is 0.150. The Labute approximate surface area is 246 Å². The van der Waals surface area contributed by atoms with Crippen LogP contribution in [-0.2, 0) is 5.41 Å². The maximum Gasteiger partial charge on any atom is 0.129 e. The molecule has 198 valence electrons. The van der Waals surface area contributed by atoms with Gasteiger partial charge >= 0.3 is 0 Å². The van der Waals surface area contributed by atoms with E-state index in [1.165, 1.54) is 66.4 Å². The van der Waals surface area contributed by atoms with Crippen LogP contribution in [0, 0.1) is 11.5 Å². The first-order chi connectivity index (χ1) is 20.4. The number of benzene rings is 5. The molecular weight excluding hydrogens is 525 g/mol. The molecule has 1 atom stereocenters. The summed E-state index contributed by atoms with van der Waals surface area (Å²) >= 11 is 0. The lowest BCUT2D eigenvalue weighted by Gasteiger charge is -2.39. The first kappa shape index (κ1) is 23.2. The van der Waals surface area contributed by atoms with Crippen molar-refractivity contribution >= 4 is 18.8 Å². The molecule has 1 nitrogen and oxygen atoms in total. The Morgan fingerprint density at radius 3 is 2.00 bits per heavy atom. The summed E-state index contributed by atoms with van der Waals surface area (Å²) in [5.74, 6) is 3.99. The molecule has 11 rings (SSSR count). The van der Waals surface area contributed by atoms with Crippen molar-refractivity contribution in [1.29, 1.82) is 0 Å². The predicted molar refractivity (Wildman–Crippen MR) is 175 cm³/mol. The molecule has 0 saturated carbocycles. The minimum atomic E-state index is -1.71. The number of aliphatic hydroxyl groups is 1. The van der Waals surface area contributed by atoms with Crippen molar-refractivity contribution in [2.24, 2.45) is 0 Å². The number of rotatable bonds is 0. The van der Waals surface area contributed by atoms with Gasteiger partial charge in [-0.05, 0) is 66.6 Å². The molecule has 1 N–H and O–H groups in total. The highest BCUT2D eigenvalue weighted by Crippen LogP contribution is 2.68. The van der Waals surface area contributed by atoms with Crippen LogP contribution < -0.4 is 0 Å². The monoisotopic (exact) mass is 552 g/mol. The maximum atomic E-state index is 12.1. The molecule has 0 saturated heterocycles. The molecule has 42 heavy (non-hydrogen) atoms. The summed E-state index contributed by atoms with van der Waals surface area (Å²) in [7, 11) is -1.71. The third kappa shape index (κ3) is 2.49. The smallest absolute Gasteiger partial charge is 0.129 e. The SMILES string of the molecule is C[Si](C)(C)C#Cc1c2c(c3c4c5c(c6c3c1-c1ccccc1-6)C1C=CC5(C=C1)c1ccccc1-4)-c1ccccc1C2O. The van der Waals surface area contributed by atoms with E-state index in [0.717, 1.165) is 22.3 Å². The Bertz CT molecular complexity index is 2250. The summed E-state index contributed by atoms with van der Waals surface area (Å²) in [6.45, 7) is 6.90. The van der Waals surface area contributed by atoms with Crippen molar-refractivity contribution < 1.29 is 5.11 Å². The van der Waals surface area contributed by atoms with E-state index in [9.17, 15) is 5.11 Å². The van der Waals surface area contributed by atoms with Crippen molar-refractivity contribution in [3.8, 4) is 56.0 Å². The van der Waals surface area contributed by atoms with Gasteiger partial charge in [-0.25, -0.2) is 0 Å². The van der Waals surface area contributed by atoms with Crippen LogP contribution in [0.1, 0.15) is 45.4 Å². The van der Waals surface area contributed by atoms with Gasteiger partial charge in [0.1, 0.15) is 14.2 Å². The van der Waals surface area contributed by atoms with Crippen molar-refractivity contribution in [3.05, 3.63) is 130 Å². The lowest BCUT2D eigenvalue weighted by atomic mass is 9.63. The van der Waals surface area contributed by atoms with E-state index in [0.29, 0.717) is 0 Å². The molecule has 0 amide bonds. The number of aliphatic hydroxyl groups excluding tert-OH is 1. The maximum absolute atomic E-state index is 12.1. The first-order valence-corrected chi connectivity index (χ1v) is 18.5. The van der Waals surface area contributed by atoms with Crippen LogP contribution >= 0.6 is 0 Å². The average Bonchev–Trinajstić information content (AvgIpc) is 3.61. The van der Waals surface area contributed by atoms with Gasteiger partial charge in [0.2, 0.25) is 0 Å². The summed E-state index contributed by atoms with van der Waals surface area (Å²) in [4.78, 5) is 0. The Morgan fingerprint density at radius 1 is 0.667 bits per heavy atom. The summed E-state index contributed by atoms with van der Waals surface area (Å²) < 4.78 is 0. The quantitative estimate of drug-likeness (QED) is 0.113. The highest BCUT2D eigenvalue weighted by molar-refractivity contribution is 6.83. The largest absolute Gasteiger partial charge is 0.384 e. The molecule has 5 aromatic carbocycles. The summed E-state index contributed by atoms with van der Waals surface area (Å²) in [5, 5.41) is 14.7. The van der Waals surface area contributed by atoms with Gasteiger partial charge in [-0.2, -0.15) is 0 Å². The van der Waals surface area contributed by atoms with E-state index < -0.39 is 14.2 Å². The summed E-state index contributed by atoms with van der Waals surface area (Å²) in [6.07, 6.45) is 9.05. The van der Waals surface area contributed by atoms with E-state index in [-0.39, 0.29) is 11.3 Å². The zero-order chi connectivity index (χ0) is 28.1. The van der Waals surface area contributed by atoms with Gasteiger partial charge in [-0.3, -0.25) is 0 Å². The molecule has 2 bridgehead atoms. The van der Waals surface area contributed by atoms with Crippen molar-refractivity contribution in [2.75, 3.05) is 0 Å². The average molecular weight is 553 g/mol. The molecular formula is C40H28OSi. The lowest BCUT2D eigenvalue weighted by molar-refractivity contribution is 0.225. The Kier molecular flexibility index (Phi) is 4.03. The fourth-order valence-corrected chi connectivity index (χ4v) is 9.21. The van der Waals surface area contributed by atoms with Crippen LogP contribution in [0.5, 0.6) is 0 Å². The minimum absolute atomic E-state index is 0.246. The van der Waals surface area contributed by atoms with E-state index in [1.54, 1.807) is 0 Å². The zero-order valence-electron chi connectivity index (χ0n) is 23.8. The second-order valence-corrected chi connectivity index (χ2v) is 18.3. The lowest BCUT2D eigenvalue weighted by Crippen LogP contribution is -2.29. The number of hydrogen-bond acceptors (Lipinski definition) is 1. The van der Waals surface area contributed by atoms with Crippen LogP contribution in [0.3, 0.4) is 0 Å². The molecule has 6 aliphatic carbocycles. The van der Waals surface area contributed by atoms with Crippen LogP contribution in [0.2, 0.25) is 19.6 Å². The van der Waals surface area contributed by atoms with Gasteiger partial charge in [0.25, 0.3) is 0 Å². The summed E-state index contributed by atoms with van der Waals surface area (Å²) in [6, 6.07) is 26.4. The highest BCUT2D eigenvalue weighted by atomic mass is 28.3. The third-order valence-electron chi connectivity index (χ3n) is 10.2. The second-order valence-electron chi connectivity index (χ2n) is 13.5. The van der Waals surface area contributed by atoms with E-state index in [1.807, 2.05) is 0 Å². The first-order valence-electron chi connectivity index (χ1n) is 15.0. The molecule has 1 unspecified atom stereocenters. The molecule has 0 heterocycles. The number of fused-ring (bicyclic) bond motifs is 10. The van der Waals surface area contributed by atoms with E-state index >= 15 is 0 Å². The second kappa shape index (κ2) is 7.31. The van der Waals surface area contributed by atoms with Crippen molar-refractivity contribution in [2.45, 2.75) is 37.1 Å². The van der Waals surface area contributed by atoms with Gasteiger partial charge in [-0.1, -0.05) is 123 Å². The van der Waals surface area contributed by atoms with Gasteiger partial charge in [0, 0.05) is 28.0 Å². The van der Waals surface area contributed by atoms with Crippen LogP contribution in [-0.4, -0.2) is 13.2 Å². The molecule has 2 heteroatoms. The predicted octanol–water partition coefficient (Wildman–Crippen LogP) is 9.27. The molecule has 1 spiro atoms. The zero-order valence-corrected chi connectivity index (χ0v) is 24.8. The molecule has 0 radical (unpaired) electrons. The molecule has 5 aromatic rings. The van der Waals surface area contributed by atoms with Crippen LogP contribution in [0.4, 0.5) is 0 Å². The Morgan fingerprint density at radius 2 is 1.26 bits per heavy atom. The van der Waals surface area contributed by atoms with E-state index in [4.69, 9.17) is 0 Å². The van der Waals surface area contributed by atoms with Crippen LogP contribution in [0.15, 0.2) is 97.1 Å². The topological polar surface area (TPSA) is 20.2 Å². The Balaban J connectivity index is 1.53. The standard InChI is InChI=1S/C40H28OSi/c1-42(2,3)21-18-28-31-23-10-4-5-11-24(23)32-30-22-16-19-40(20-17-22)29-15-9-8-14-27(29)34(38(30)40)37(36(31)32)33-25-12-6-7-13-26(25)39(41)35(28)33/h4-17,19-20,22,39,41H,1-3H3. The molecule has 0 fully saturated rings. The molecule has 0 aromatic heterocycles. The van der Waals surface area contributed by atoms with Gasteiger partial charge in [-0.15, -0.1) is 5.54 Å². The van der Waals surface area contributed by atoms with Crippen LogP contribution in [0.25, 0.3) is 55.3 Å². The molecule has 0 aliphatic heterocycles. The van der Waals surface area contributed by atoms with Crippen molar-refractivity contribution in [3.63, 3.8) is 0 Å². The Hall–Kier alpha value is -4.42. The number of hydrogen-bond donors (Lipinski definition) is 1. The van der Waals surface area contributed by atoms with Crippen molar-refractivity contribution in [1.82, 2.24) is 0 Å². The highest BCUT2D eigenvalue weighted by Gasteiger charge is 2.51. The summed E-state index contributed by atoms with van der Waals surface area (Å²) in [5.41, 5.74) is 20.9. The fourth-order valence-electron chi connectivity index (χ4n) is 8.71. The molecule has 6 aliphatic rings. The number of allylic oxidation sites excluding steroid dienone is 4. The third-order valence-corrected chi connectivity index (χ3v) is 11.1. The van der Waals surface area contributed by atoms with Gasteiger partial charge < -0.3 is 5.11 Å². The van der Waals surface area contributed by atoms with Gasteiger partial charge in [0.05, 0.1) is 5.41 Å².